The van der Waals surface area contributed by atoms with Crippen molar-refractivity contribution in [3.05, 3.63) is 12.4 Å². The van der Waals surface area contributed by atoms with Gasteiger partial charge >= 0.3 is 0 Å². The van der Waals surface area contributed by atoms with Crippen molar-refractivity contribution < 1.29 is 13.2 Å². The number of sulfonamides is 1. The fraction of sp³-hybridized carbons (Fsp3) is 0.700. The Morgan fingerprint density at radius 2 is 2.39 bits per heavy atom. The number of nitrogens with zero attached hydrogens (tertiary/aromatic N) is 3. The molecule has 1 unspecified atom stereocenters. The van der Waals surface area contributed by atoms with Gasteiger partial charge in [0.15, 0.2) is 0 Å². The van der Waals surface area contributed by atoms with Gasteiger partial charge in [-0.1, -0.05) is 0 Å². The van der Waals surface area contributed by atoms with Crippen molar-refractivity contribution in [3.8, 4) is 0 Å². The van der Waals surface area contributed by atoms with E-state index in [1.807, 2.05) is 6.92 Å². The number of morpholine rings is 1. The van der Waals surface area contributed by atoms with Crippen molar-refractivity contribution >= 4 is 10.0 Å². The molecule has 18 heavy (non-hydrogen) atoms. The van der Waals surface area contributed by atoms with Gasteiger partial charge < -0.3 is 10.5 Å². The smallest absolute Gasteiger partial charge is 0.246 e. The van der Waals surface area contributed by atoms with Crippen LogP contribution in [0.2, 0.25) is 0 Å². The van der Waals surface area contributed by atoms with Crippen LogP contribution in [0, 0.1) is 0 Å². The second-order valence-corrected chi connectivity index (χ2v) is 6.16. The highest BCUT2D eigenvalue weighted by atomic mass is 32.2. The molecule has 0 saturated carbocycles. The molecule has 2 N–H and O–H groups in total. The normalized spacial score (nSPS) is 22.2. The van der Waals surface area contributed by atoms with E-state index in [4.69, 9.17) is 10.5 Å². The molecular weight excluding hydrogens is 256 g/mol. The monoisotopic (exact) mass is 274 g/mol. The van der Waals surface area contributed by atoms with Gasteiger partial charge in [0.25, 0.3) is 0 Å². The molecule has 2 heterocycles. The molecule has 1 aromatic heterocycles. The first-order valence-corrected chi connectivity index (χ1v) is 7.32. The first-order valence-electron chi connectivity index (χ1n) is 5.88. The standard InChI is InChI=1S/C10H18N4O3S/c1-9-8-17-5-4-14(9)18(15,16)10-6-12-13(7-10)3-2-11/h6-7,9H,2-5,8,11H2,1H3. The SMILES string of the molecule is CC1COCCN1S(=O)(=O)c1cnn(CCN)c1. The molecule has 0 amide bonds. The van der Waals surface area contributed by atoms with Crippen LogP contribution in [0.3, 0.4) is 0 Å². The molecular formula is C10H18N4O3S. The van der Waals surface area contributed by atoms with E-state index >= 15 is 0 Å². The second kappa shape index (κ2) is 5.35. The lowest BCUT2D eigenvalue weighted by Gasteiger charge is -2.31. The summed E-state index contributed by atoms with van der Waals surface area (Å²) < 4.78 is 33.0. The summed E-state index contributed by atoms with van der Waals surface area (Å²) in [6.07, 6.45) is 2.89. The summed E-state index contributed by atoms with van der Waals surface area (Å²) in [4.78, 5) is 0.213. The first kappa shape index (κ1) is 13.5. The van der Waals surface area contributed by atoms with E-state index in [9.17, 15) is 8.42 Å². The van der Waals surface area contributed by atoms with Crippen molar-refractivity contribution in [2.75, 3.05) is 26.3 Å². The summed E-state index contributed by atoms with van der Waals surface area (Å²) >= 11 is 0. The van der Waals surface area contributed by atoms with Gasteiger partial charge in [-0.25, -0.2) is 8.42 Å². The van der Waals surface area contributed by atoms with Crippen molar-refractivity contribution in [2.45, 2.75) is 24.4 Å². The summed E-state index contributed by atoms with van der Waals surface area (Å²) in [5, 5.41) is 3.99. The van der Waals surface area contributed by atoms with Crippen molar-refractivity contribution in [1.29, 1.82) is 0 Å². The number of hydrogen-bond donors (Lipinski definition) is 1. The molecule has 2 rings (SSSR count). The van der Waals surface area contributed by atoms with Crippen LogP contribution in [0.4, 0.5) is 0 Å². The fourth-order valence-electron chi connectivity index (χ4n) is 1.94. The summed E-state index contributed by atoms with van der Waals surface area (Å²) in [5.74, 6) is 0. The Kier molecular flexibility index (Phi) is 4.00. The Balaban J connectivity index is 2.23. The minimum absolute atomic E-state index is 0.151. The number of nitrogens with two attached hydrogens (primary N) is 1. The Labute approximate surface area is 107 Å². The minimum atomic E-state index is -3.48. The molecule has 1 aliphatic rings. The van der Waals surface area contributed by atoms with Crippen LogP contribution in [-0.4, -0.2) is 54.8 Å². The zero-order valence-electron chi connectivity index (χ0n) is 10.3. The van der Waals surface area contributed by atoms with Gasteiger partial charge in [-0.05, 0) is 6.92 Å². The van der Waals surface area contributed by atoms with Gasteiger partial charge in [0, 0.05) is 25.3 Å². The highest BCUT2D eigenvalue weighted by molar-refractivity contribution is 7.89. The lowest BCUT2D eigenvalue weighted by molar-refractivity contribution is 0.0392. The molecule has 0 spiro atoms. The van der Waals surface area contributed by atoms with Crippen LogP contribution >= 0.6 is 0 Å². The molecule has 1 aliphatic heterocycles. The van der Waals surface area contributed by atoms with Crippen LogP contribution in [-0.2, 0) is 21.3 Å². The second-order valence-electron chi connectivity index (χ2n) is 4.27. The van der Waals surface area contributed by atoms with E-state index in [0.717, 1.165) is 0 Å². The third kappa shape index (κ3) is 2.56. The highest BCUT2D eigenvalue weighted by Gasteiger charge is 2.32. The Morgan fingerprint density at radius 3 is 3.06 bits per heavy atom. The summed E-state index contributed by atoms with van der Waals surface area (Å²) in [7, 11) is -3.48. The maximum absolute atomic E-state index is 12.4. The van der Waals surface area contributed by atoms with E-state index in [1.165, 1.54) is 21.4 Å². The van der Waals surface area contributed by atoms with E-state index in [2.05, 4.69) is 5.10 Å². The van der Waals surface area contributed by atoms with Crippen LogP contribution in [0.5, 0.6) is 0 Å². The van der Waals surface area contributed by atoms with Crippen molar-refractivity contribution in [2.24, 2.45) is 5.73 Å². The van der Waals surface area contributed by atoms with Crippen molar-refractivity contribution in [3.63, 3.8) is 0 Å². The largest absolute Gasteiger partial charge is 0.378 e. The molecule has 1 fully saturated rings. The fourth-order valence-corrected chi connectivity index (χ4v) is 3.49. The van der Waals surface area contributed by atoms with Gasteiger partial charge in [-0.2, -0.15) is 9.40 Å². The number of rotatable bonds is 4. The maximum atomic E-state index is 12.4. The van der Waals surface area contributed by atoms with Gasteiger partial charge in [-0.3, -0.25) is 4.68 Å². The third-order valence-electron chi connectivity index (χ3n) is 2.88. The van der Waals surface area contributed by atoms with E-state index in [0.29, 0.717) is 32.8 Å². The average molecular weight is 274 g/mol. The molecule has 0 bridgehead atoms. The van der Waals surface area contributed by atoms with E-state index in [1.54, 1.807) is 0 Å². The molecule has 7 nitrogen and oxygen atoms in total. The molecule has 1 aromatic rings. The Bertz CT molecular complexity index is 499. The number of aromatic nitrogens is 2. The van der Waals surface area contributed by atoms with Gasteiger partial charge in [0.1, 0.15) is 4.90 Å². The van der Waals surface area contributed by atoms with Gasteiger partial charge in [0.2, 0.25) is 10.0 Å². The molecule has 8 heteroatoms. The first-order chi connectivity index (χ1) is 8.55. The van der Waals surface area contributed by atoms with Crippen LogP contribution in [0.25, 0.3) is 0 Å². The molecule has 1 saturated heterocycles. The summed E-state index contributed by atoms with van der Waals surface area (Å²) in [5.41, 5.74) is 5.41. The van der Waals surface area contributed by atoms with E-state index < -0.39 is 10.0 Å². The zero-order valence-corrected chi connectivity index (χ0v) is 11.1. The number of ether oxygens (including phenoxy) is 1. The quantitative estimate of drug-likeness (QED) is 0.780. The predicted octanol–water partition coefficient (Wildman–Crippen LogP) is -0.749. The summed E-state index contributed by atoms with van der Waals surface area (Å²) in [6.45, 7) is 4.01. The lowest BCUT2D eigenvalue weighted by atomic mass is 10.3. The van der Waals surface area contributed by atoms with Crippen LogP contribution in [0.1, 0.15) is 6.92 Å². The summed E-state index contributed by atoms with van der Waals surface area (Å²) in [6, 6.07) is -0.151. The minimum Gasteiger partial charge on any atom is -0.378 e. The maximum Gasteiger partial charge on any atom is 0.246 e. The number of hydrogen-bond acceptors (Lipinski definition) is 5. The van der Waals surface area contributed by atoms with Crippen LogP contribution < -0.4 is 5.73 Å². The average Bonchev–Trinajstić information content (AvgIpc) is 2.79. The molecule has 102 valence electrons. The molecule has 0 aromatic carbocycles. The third-order valence-corrected chi connectivity index (χ3v) is 4.85. The molecule has 0 radical (unpaired) electrons. The molecule has 1 atom stereocenters. The van der Waals surface area contributed by atoms with Gasteiger partial charge in [0.05, 0.1) is 26.0 Å². The van der Waals surface area contributed by atoms with E-state index in [-0.39, 0.29) is 10.9 Å². The highest BCUT2D eigenvalue weighted by Crippen LogP contribution is 2.19. The predicted molar refractivity (Wildman–Crippen MR) is 65.5 cm³/mol. The van der Waals surface area contributed by atoms with Crippen molar-refractivity contribution in [1.82, 2.24) is 14.1 Å². The van der Waals surface area contributed by atoms with Crippen LogP contribution in [0.15, 0.2) is 17.3 Å². The Hall–Kier alpha value is -0.960. The van der Waals surface area contributed by atoms with Gasteiger partial charge in [-0.15, -0.1) is 0 Å². The topological polar surface area (TPSA) is 90.5 Å². The zero-order chi connectivity index (χ0) is 13.2. The lowest BCUT2D eigenvalue weighted by Crippen LogP contribution is -2.46. The Morgan fingerprint density at radius 1 is 1.61 bits per heavy atom. The molecule has 0 aliphatic carbocycles.